The molecule has 7 atom stereocenters. The van der Waals surface area contributed by atoms with Gasteiger partial charge in [0.25, 0.3) is 0 Å². The predicted molar refractivity (Wildman–Crippen MR) is 613 cm³/mol. The van der Waals surface area contributed by atoms with E-state index in [2.05, 4.69) is 354 Å². The fourth-order valence-electron chi connectivity index (χ4n) is 21.2. The molecule has 14 rings (SSSR count). The van der Waals surface area contributed by atoms with Gasteiger partial charge in [-0.05, 0) is 326 Å². The number of ether oxygens (including phenoxy) is 3. The second-order valence-electron chi connectivity index (χ2n) is 47.9. The minimum atomic E-state index is -0.717. The zero-order valence-corrected chi connectivity index (χ0v) is 98.9. The molecule has 0 bridgehead atoms. The maximum atomic E-state index is 12.0. The van der Waals surface area contributed by atoms with Crippen LogP contribution in [0.5, 0.6) is 0 Å². The summed E-state index contributed by atoms with van der Waals surface area (Å²) < 4.78 is 17.7. The molecule has 148 heavy (non-hydrogen) atoms. The highest BCUT2D eigenvalue weighted by Crippen LogP contribution is 2.41. The van der Waals surface area contributed by atoms with Gasteiger partial charge in [0.2, 0.25) is 17.7 Å². The molecule has 0 spiro atoms. The van der Waals surface area contributed by atoms with Gasteiger partial charge in [0.1, 0.15) is 0 Å². The van der Waals surface area contributed by atoms with Gasteiger partial charge in [-0.3, -0.25) is 49.3 Å². The summed E-state index contributed by atoms with van der Waals surface area (Å²) in [4.78, 5) is 99.1. The van der Waals surface area contributed by atoms with Gasteiger partial charge < -0.3 is 87.9 Å². The van der Waals surface area contributed by atoms with Gasteiger partial charge in [-0.15, -0.1) is 0 Å². The number of rotatable bonds is 31. The highest BCUT2D eigenvalue weighted by molar-refractivity contribution is 5.79. The van der Waals surface area contributed by atoms with Crippen molar-refractivity contribution < 1.29 is 33.7 Å². The molecule has 7 aliphatic rings. The Labute approximate surface area is 896 Å². The highest BCUT2D eigenvalue weighted by atomic mass is 16.5. The van der Waals surface area contributed by atoms with Crippen molar-refractivity contribution in [1.82, 2.24) is 83.9 Å². The molecule has 3 amide bonds. The van der Waals surface area contributed by atoms with E-state index in [1.165, 1.54) is 33.8 Å². The number of β-amino-alcohol motifs (C(OH)–C–C–N with tert-alkyl or cyclic N) is 1. The quantitative estimate of drug-likeness (QED) is 0.0425. The maximum Gasteiger partial charge on any atom is 0.222 e. The van der Waals surface area contributed by atoms with Crippen molar-refractivity contribution in [2.75, 3.05) is 252 Å². The fraction of sp³-hybridized carbons (Fsp3) is 0.683. The second kappa shape index (κ2) is 57.8. The molecule has 0 saturated carbocycles. The lowest BCUT2D eigenvalue weighted by Crippen LogP contribution is -2.65. The third kappa shape index (κ3) is 36.5. The van der Waals surface area contributed by atoms with Crippen LogP contribution in [0.3, 0.4) is 0 Å². The number of hydrogen-bond donors (Lipinski definition) is 1. The van der Waals surface area contributed by atoms with Gasteiger partial charge in [0.05, 0.1) is 87.0 Å². The first-order valence-electron chi connectivity index (χ1n) is 55.2. The Hall–Kier alpha value is -8.78. The second-order valence-corrected chi connectivity index (χ2v) is 47.9. The lowest BCUT2D eigenvalue weighted by Gasteiger charge is -2.52. The lowest BCUT2D eigenvalue weighted by molar-refractivity contribution is -0.133. The van der Waals surface area contributed by atoms with Gasteiger partial charge in [0.15, 0.2) is 0 Å². The monoisotopic (exact) mass is 2050 g/mol. The van der Waals surface area contributed by atoms with Crippen molar-refractivity contribution in [3.63, 3.8) is 0 Å². The van der Waals surface area contributed by atoms with E-state index >= 15 is 0 Å². The summed E-state index contributed by atoms with van der Waals surface area (Å²) >= 11 is 0. The molecule has 7 fully saturated rings. The van der Waals surface area contributed by atoms with E-state index in [1.54, 1.807) is 0 Å². The molecule has 28 nitrogen and oxygen atoms in total. The number of aromatic nitrogens is 7. The van der Waals surface area contributed by atoms with Crippen LogP contribution in [0.4, 0.5) is 22.7 Å². The number of hydrogen-bond acceptors (Lipinski definition) is 25. The van der Waals surface area contributed by atoms with Crippen LogP contribution in [-0.2, 0) is 48.2 Å². The number of nitrogens with zero attached hydrogens (tertiary/aromatic N) is 21. The predicted octanol–water partition coefficient (Wildman–Crippen LogP) is 18.9. The third-order valence-corrected chi connectivity index (χ3v) is 30.9. The molecule has 7 aromatic heterocycles. The molecule has 7 aliphatic heterocycles. The number of piperidine rings is 7. The molecule has 0 aliphatic carbocycles. The first kappa shape index (κ1) is 124. The van der Waals surface area contributed by atoms with Crippen LogP contribution in [0.15, 0.2) is 110 Å². The van der Waals surface area contributed by atoms with E-state index < -0.39 is 5.60 Å². The van der Waals surface area contributed by atoms with Gasteiger partial charge in [-0.1, -0.05) is 115 Å². The summed E-state index contributed by atoms with van der Waals surface area (Å²) in [6, 6.07) is 30.3. The molecule has 28 heteroatoms. The first-order valence-corrected chi connectivity index (χ1v) is 55.2. The normalized spacial score (nSPS) is 21.7. The van der Waals surface area contributed by atoms with Crippen LogP contribution >= 0.6 is 0 Å². The minimum Gasteiger partial charge on any atom is -0.386 e. The number of carbonyl (C=O) groups is 3. The number of amides is 3. The minimum absolute atomic E-state index is 0.0710. The summed E-state index contributed by atoms with van der Waals surface area (Å²) in [5, 5.41) is 11.2. The molecule has 826 valence electrons. The summed E-state index contributed by atoms with van der Waals surface area (Å²) in [6.45, 7) is 50.2. The van der Waals surface area contributed by atoms with E-state index in [4.69, 9.17) is 29.2 Å². The molecule has 1 N–H and O–H groups in total. The smallest absolute Gasteiger partial charge is 0.222 e. The molecule has 0 aromatic carbocycles. The Balaban J connectivity index is 0.000000210. The summed E-state index contributed by atoms with van der Waals surface area (Å²) in [5.41, 5.74) is 18.7. The van der Waals surface area contributed by atoms with Crippen LogP contribution in [0.25, 0.3) is 0 Å². The van der Waals surface area contributed by atoms with E-state index in [1.807, 2.05) is 96.1 Å². The van der Waals surface area contributed by atoms with E-state index in [-0.39, 0.29) is 40.1 Å². The van der Waals surface area contributed by atoms with Crippen molar-refractivity contribution in [3.05, 3.63) is 183 Å². The summed E-state index contributed by atoms with van der Waals surface area (Å²) in [6.07, 6.45) is 21.6. The Kier molecular flexibility index (Phi) is 48.6. The summed E-state index contributed by atoms with van der Waals surface area (Å²) in [5.74, 6) is 4.86. The fourth-order valence-corrected chi connectivity index (χ4v) is 21.2. The average Bonchev–Trinajstić information content (AvgIpc) is 0.764. The topological polar surface area (TPSA) is 235 Å². The number of carbonyl (C=O) groups excluding carboxylic acids is 3. The molecular formula is C120H199N21O7. The number of methoxy groups -OCH3 is 3. The summed E-state index contributed by atoms with van der Waals surface area (Å²) in [7, 11) is 40.3. The van der Waals surface area contributed by atoms with Crippen molar-refractivity contribution in [2.24, 2.45) is 0 Å². The maximum absolute atomic E-state index is 12.0. The van der Waals surface area contributed by atoms with Crippen molar-refractivity contribution in [2.45, 2.75) is 307 Å². The van der Waals surface area contributed by atoms with Crippen molar-refractivity contribution in [1.29, 1.82) is 0 Å². The van der Waals surface area contributed by atoms with Gasteiger partial charge in [0, 0.05) is 218 Å². The van der Waals surface area contributed by atoms with Gasteiger partial charge in [-0.25, -0.2) is 0 Å². The number of aliphatic hydroxyl groups is 1. The molecule has 14 heterocycles. The molecule has 0 radical (unpaired) electrons. The van der Waals surface area contributed by atoms with Gasteiger partial charge >= 0.3 is 0 Å². The van der Waals surface area contributed by atoms with Crippen LogP contribution in [0.1, 0.15) is 333 Å². The largest absolute Gasteiger partial charge is 0.386 e. The van der Waals surface area contributed by atoms with Crippen molar-refractivity contribution >= 4 is 40.5 Å². The third-order valence-electron chi connectivity index (χ3n) is 30.9. The SMILES string of the molecule is CC(C)c1ccc(C2CCN(C)C(=O)C2)c(CN(C)C)n1.CC(C)c1ccc(N2CCC[C@@](O)(C(C)(C)N(C)C)C2)cn1.CC(C)c1ccc([C@@H]2CCN(C)C(=O)C2)c(CN(C)C)n1.CC(C)c1ccc([C@H]2CCN(C)C(=O)C2)c(CN(C)C)n1.COC1(CN(C)C)CCCN(c2ccc(C(C)C)nc2)C1.CO[C@@]1(CN(C)C)CCCN(c2ccc(C(C)C)nc2)C1.CO[C@]1(CN(C)C)CCCN(c2ccc(C(C)C)nc2)C1. The first-order chi connectivity index (χ1) is 69.7. The highest BCUT2D eigenvalue weighted by Gasteiger charge is 2.48. The Morgan fingerprint density at radius 2 is 0.561 bits per heavy atom. The van der Waals surface area contributed by atoms with E-state index in [0.29, 0.717) is 85.0 Å². The molecule has 7 saturated heterocycles. The van der Waals surface area contributed by atoms with Gasteiger partial charge in [-0.2, -0.15) is 0 Å². The van der Waals surface area contributed by atoms with Crippen LogP contribution in [0.2, 0.25) is 0 Å². The van der Waals surface area contributed by atoms with Crippen LogP contribution in [-0.4, -0.2) is 367 Å². The Morgan fingerprint density at radius 1 is 0.331 bits per heavy atom. The Morgan fingerprint density at radius 3 is 0.757 bits per heavy atom. The average molecular weight is 2050 g/mol. The van der Waals surface area contributed by atoms with Crippen molar-refractivity contribution in [3.8, 4) is 0 Å². The number of likely N-dealkylation sites (N-methyl/N-ethyl adjacent to an activating group) is 4. The Bertz CT molecular complexity index is 4700. The van der Waals surface area contributed by atoms with Crippen LogP contribution < -0.4 is 19.6 Å². The molecular weight excluding hydrogens is 1850 g/mol. The standard InChI is InChI=1S/C18H31N3O.3C17H29N3O.3C17H27N3O/c1-14(2)16-9-8-15(12-19-16)21-11-7-10-18(22,13-21)17(3,4)20(5)6;3*1-14(2)16-8-7-15(11-18-16)20-10-6-9-17(13-20,21-5)12-19(3)4;3*1-12(2)15-7-6-14(16(18-15)11-19(3)4)13-8-9-20(5)17(21)10-13/h8-9,12,14,22H,7,10-11,13H2,1-6H3;3*7-8,11,14H,6,9-10,12-13H2,1-5H3;3*6-7,12-13H,8-11H2,1-5H3/t18-;2*17-;;2*13-;/m010.10./s1. The number of pyridine rings is 7. The van der Waals surface area contributed by atoms with Crippen LogP contribution in [0, 0.1) is 0 Å². The zero-order chi connectivity index (χ0) is 110. The number of anilines is 4. The molecule has 2 unspecified atom stereocenters. The van der Waals surface area contributed by atoms with E-state index in [0.717, 1.165) is 238 Å². The zero-order valence-electron chi connectivity index (χ0n) is 98.9. The number of likely N-dealkylation sites (tertiary alicyclic amines) is 3. The van der Waals surface area contributed by atoms with E-state index in [9.17, 15) is 19.5 Å². The lowest BCUT2D eigenvalue weighted by atomic mass is 9.76. The molecule has 7 aromatic rings.